The largest absolute Gasteiger partial charge is 0.370 e. The molecule has 5 amide bonds. The van der Waals surface area contributed by atoms with Crippen LogP contribution in [-0.2, 0) is 19.1 Å². The minimum absolute atomic E-state index is 0.0440. The Balaban J connectivity index is 1.74. The summed E-state index contributed by atoms with van der Waals surface area (Å²) in [6.45, 7) is 0.317. The van der Waals surface area contributed by atoms with Gasteiger partial charge in [-0.2, -0.15) is 0 Å². The number of urea groups is 1. The van der Waals surface area contributed by atoms with Crippen molar-refractivity contribution in [2.45, 2.75) is 37.8 Å². The summed E-state index contributed by atoms with van der Waals surface area (Å²) in [6.07, 6.45) is -0.436. The van der Waals surface area contributed by atoms with E-state index >= 15 is 0 Å². The van der Waals surface area contributed by atoms with Crippen LogP contribution in [0.25, 0.3) is 0 Å². The molecule has 12 heteroatoms. The lowest BCUT2D eigenvalue weighted by Crippen LogP contribution is -2.56. The maximum Gasteiger partial charge on any atom is 0.316 e. The normalized spacial score (nSPS) is 17.6. The number of ether oxygens (including phenoxy) is 1. The summed E-state index contributed by atoms with van der Waals surface area (Å²) in [6, 6.07) is 1.12. The molecule has 5 N–H and O–H groups in total. The molecule has 0 spiro atoms. The average molecular weight is 439 g/mol. The standard InChI is InChI=1S/C19H23F2N5O5/c20-16(21)12-8-11(26-6-7-31-9-14(26)27)4-5-13(12)24-18(29)15(17(22)28)25-19(30)23-10-2-1-3-10/h4-5,8,10,15-16H,1-3,6-7,9H2,(H2,22,28)(H,24,29)(H2,23,25,30)/t15-/m1/s1. The van der Waals surface area contributed by atoms with Gasteiger partial charge in [-0.1, -0.05) is 0 Å². The topological polar surface area (TPSA) is 143 Å². The number of rotatable bonds is 7. The van der Waals surface area contributed by atoms with Gasteiger partial charge in [0.05, 0.1) is 6.61 Å². The van der Waals surface area contributed by atoms with Crippen molar-refractivity contribution in [3.63, 3.8) is 0 Å². The van der Waals surface area contributed by atoms with Crippen molar-refractivity contribution < 1.29 is 32.7 Å². The van der Waals surface area contributed by atoms with Gasteiger partial charge in [0.2, 0.25) is 5.91 Å². The fourth-order valence-electron chi connectivity index (χ4n) is 3.18. The predicted molar refractivity (Wildman–Crippen MR) is 105 cm³/mol. The Morgan fingerprint density at radius 1 is 1.23 bits per heavy atom. The van der Waals surface area contributed by atoms with Crippen molar-refractivity contribution in [2.75, 3.05) is 30.0 Å². The second-order valence-corrected chi connectivity index (χ2v) is 7.24. The van der Waals surface area contributed by atoms with Crippen LogP contribution in [-0.4, -0.2) is 55.6 Å². The highest BCUT2D eigenvalue weighted by atomic mass is 19.3. The van der Waals surface area contributed by atoms with Crippen LogP contribution in [0.2, 0.25) is 0 Å². The van der Waals surface area contributed by atoms with Crippen molar-refractivity contribution in [3.8, 4) is 0 Å². The molecule has 1 aliphatic carbocycles. The summed E-state index contributed by atoms with van der Waals surface area (Å²) in [5.74, 6) is -2.58. The Morgan fingerprint density at radius 2 is 1.97 bits per heavy atom. The zero-order valence-corrected chi connectivity index (χ0v) is 16.5. The number of nitrogens with two attached hydrogens (primary N) is 1. The van der Waals surface area contributed by atoms with E-state index in [1.54, 1.807) is 0 Å². The minimum Gasteiger partial charge on any atom is -0.370 e. The number of nitrogens with one attached hydrogen (secondary N) is 3. The third-order valence-electron chi connectivity index (χ3n) is 5.09. The minimum atomic E-state index is -2.98. The number of primary amides is 1. The van der Waals surface area contributed by atoms with Crippen LogP contribution >= 0.6 is 0 Å². The first-order valence-corrected chi connectivity index (χ1v) is 9.73. The van der Waals surface area contributed by atoms with Gasteiger partial charge >= 0.3 is 6.03 Å². The highest BCUT2D eigenvalue weighted by Crippen LogP contribution is 2.32. The van der Waals surface area contributed by atoms with Crippen LogP contribution in [0.3, 0.4) is 0 Å². The van der Waals surface area contributed by atoms with Gasteiger partial charge in [-0.25, -0.2) is 13.6 Å². The Morgan fingerprint density at radius 3 is 2.55 bits per heavy atom. The molecule has 1 atom stereocenters. The number of hydrogen-bond acceptors (Lipinski definition) is 5. The Labute approximate surface area is 176 Å². The number of halogens is 2. The Bertz CT molecular complexity index is 877. The van der Waals surface area contributed by atoms with Crippen molar-refractivity contribution in [1.29, 1.82) is 0 Å². The maximum atomic E-state index is 13.6. The second kappa shape index (κ2) is 9.69. The molecule has 3 rings (SSSR count). The van der Waals surface area contributed by atoms with Crippen LogP contribution in [0.5, 0.6) is 0 Å². The van der Waals surface area contributed by atoms with Crippen molar-refractivity contribution >= 4 is 35.1 Å². The molecule has 10 nitrogen and oxygen atoms in total. The summed E-state index contributed by atoms with van der Waals surface area (Å²) in [5.41, 5.74) is 4.62. The lowest BCUT2D eigenvalue weighted by atomic mass is 9.93. The highest BCUT2D eigenvalue weighted by Gasteiger charge is 2.30. The third-order valence-corrected chi connectivity index (χ3v) is 5.09. The van der Waals surface area contributed by atoms with Crippen LogP contribution in [0.4, 0.5) is 25.0 Å². The van der Waals surface area contributed by atoms with Crippen molar-refractivity contribution in [3.05, 3.63) is 23.8 Å². The molecule has 1 aromatic rings. The van der Waals surface area contributed by atoms with Crippen LogP contribution in [0.15, 0.2) is 18.2 Å². The van der Waals surface area contributed by atoms with E-state index in [1.807, 2.05) is 0 Å². The molecule has 0 unspecified atom stereocenters. The van der Waals surface area contributed by atoms with Gasteiger partial charge in [0.15, 0.2) is 6.04 Å². The second-order valence-electron chi connectivity index (χ2n) is 7.24. The van der Waals surface area contributed by atoms with E-state index < -0.39 is 35.9 Å². The predicted octanol–water partition coefficient (Wildman–Crippen LogP) is 0.631. The van der Waals surface area contributed by atoms with Gasteiger partial charge in [-0.15, -0.1) is 0 Å². The molecule has 1 aromatic carbocycles. The molecule has 1 heterocycles. The summed E-state index contributed by atoms with van der Waals surface area (Å²) < 4.78 is 32.3. The van der Waals surface area contributed by atoms with Crippen LogP contribution in [0.1, 0.15) is 31.3 Å². The van der Waals surface area contributed by atoms with Crippen molar-refractivity contribution in [1.82, 2.24) is 10.6 Å². The summed E-state index contributed by atoms with van der Waals surface area (Å²) in [5, 5.41) is 6.97. The smallest absolute Gasteiger partial charge is 0.316 e. The number of benzene rings is 1. The molecule has 2 aliphatic rings. The van der Waals surface area contributed by atoms with E-state index in [4.69, 9.17) is 10.5 Å². The lowest BCUT2D eigenvalue weighted by Gasteiger charge is -2.28. The zero-order valence-electron chi connectivity index (χ0n) is 16.5. The van der Waals surface area contributed by atoms with Gasteiger partial charge in [0.1, 0.15) is 6.61 Å². The molecule has 1 aliphatic heterocycles. The summed E-state index contributed by atoms with van der Waals surface area (Å²) in [7, 11) is 0. The molecular formula is C19H23F2N5O5. The quantitative estimate of drug-likeness (QED) is 0.461. The molecule has 1 saturated carbocycles. The number of carbonyl (C=O) groups is 4. The summed E-state index contributed by atoms with van der Waals surface area (Å²) >= 11 is 0. The monoisotopic (exact) mass is 439 g/mol. The molecule has 31 heavy (non-hydrogen) atoms. The van der Waals surface area contributed by atoms with Crippen molar-refractivity contribution in [2.24, 2.45) is 5.73 Å². The summed E-state index contributed by atoms with van der Waals surface area (Å²) in [4.78, 5) is 49.4. The molecule has 0 bridgehead atoms. The van der Waals surface area contributed by atoms with Gasteiger partial charge in [-0.3, -0.25) is 14.4 Å². The van der Waals surface area contributed by atoms with Gasteiger partial charge in [-0.05, 0) is 37.5 Å². The first-order chi connectivity index (χ1) is 14.8. The average Bonchev–Trinajstić information content (AvgIpc) is 2.69. The van der Waals surface area contributed by atoms with Crippen LogP contribution in [0, 0.1) is 0 Å². The molecule has 0 radical (unpaired) electrons. The number of anilines is 2. The number of alkyl halides is 2. The molecule has 0 aromatic heterocycles. The number of nitrogens with zero attached hydrogens (tertiary/aromatic N) is 1. The number of hydrogen-bond donors (Lipinski definition) is 4. The fourth-order valence-corrected chi connectivity index (χ4v) is 3.18. The lowest BCUT2D eigenvalue weighted by molar-refractivity contribution is -0.128. The third kappa shape index (κ3) is 5.45. The molecular weight excluding hydrogens is 416 g/mol. The molecule has 2 fully saturated rings. The Kier molecular flexibility index (Phi) is 7.00. The highest BCUT2D eigenvalue weighted by molar-refractivity contribution is 6.11. The Hall–Kier alpha value is -3.28. The van der Waals surface area contributed by atoms with Crippen LogP contribution < -0.4 is 26.6 Å². The number of carbonyl (C=O) groups excluding carboxylic acids is 4. The van der Waals surface area contributed by atoms with Gasteiger partial charge < -0.3 is 31.3 Å². The molecule has 168 valence electrons. The van der Waals surface area contributed by atoms with E-state index in [2.05, 4.69) is 16.0 Å². The van der Waals surface area contributed by atoms with Gasteiger partial charge in [0.25, 0.3) is 18.2 Å². The number of morpholine rings is 1. The van der Waals surface area contributed by atoms with Gasteiger partial charge in [0, 0.05) is 29.5 Å². The first kappa shape index (κ1) is 22.4. The van der Waals surface area contributed by atoms with E-state index in [0.717, 1.165) is 25.3 Å². The van der Waals surface area contributed by atoms with E-state index in [1.165, 1.54) is 17.0 Å². The SMILES string of the molecule is NC(=O)[C@@H](NC(=O)NC1CCC1)C(=O)Nc1ccc(N2CCOCC2=O)cc1C(F)F. The fraction of sp³-hybridized carbons (Fsp3) is 0.474. The maximum absolute atomic E-state index is 13.6. The number of amides is 5. The zero-order chi connectivity index (χ0) is 22.5. The van der Waals surface area contributed by atoms with E-state index in [0.29, 0.717) is 0 Å². The molecule has 1 saturated heterocycles. The van der Waals surface area contributed by atoms with E-state index in [-0.39, 0.29) is 43.1 Å². The first-order valence-electron chi connectivity index (χ1n) is 9.73. The van der Waals surface area contributed by atoms with E-state index in [9.17, 15) is 28.0 Å².